The normalized spacial score (nSPS) is 14.2. The maximum Gasteiger partial charge on any atom is 0.407 e. The summed E-state index contributed by atoms with van der Waals surface area (Å²) < 4.78 is 40.0. The van der Waals surface area contributed by atoms with Gasteiger partial charge in [-0.05, 0) is 45.3 Å². The van der Waals surface area contributed by atoms with Crippen LogP contribution in [-0.4, -0.2) is 85.6 Å². The summed E-state index contributed by atoms with van der Waals surface area (Å²) in [5, 5.41) is 5.19. The Labute approximate surface area is 312 Å². The van der Waals surface area contributed by atoms with Gasteiger partial charge in [0.05, 0.1) is 40.2 Å². The van der Waals surface area contributed by atoms with Gasteiger partial charge in [-0.1, -0.05) is 111 Å². The first-order valence-corrected chi connectivity index (χ1v) is 19.6. The van der Waals surface area contributed by atoms with Crippen molar-refractivity contribution in [3.63, 3.8) is 0 Å². The zero-order valence-corrected chi connectivity index (χ0v) is 37.0. The van der Waals surface area contributed by atoms with E-state index in [0.717, 1.165) is 0 Å². The van der Waals surface area contributed by atoms with E-state index < -0.39 is 22.0 Å². The number of methoxy groups -OCH3 is 4. The quantitative estimate of drug-likeness (QED) is 0.165. The molecule has 0 spiro atoms. The monoisotopic (exact) mass is 755 g/mol. The number of alkyl carbamates (subject to hydrolysis) is 2. The number of carbonyl (C=O) groups is 4. The van der Waals surface area contributed by atoms with Crippen LogP contribution in [0.15, 0.2) is 0 Å². The summed E-state index contributed by atoms with van der Waals surface area (Å²) >= 11 is 0. The van der Waals surface area contributed by atoms with Crippen LogP contribution in [-0.2, 0) is 38.4 Å². The van der Waals surface area contributed by atoms with E-state index in [1.807, 2.05) is 27.7 Å². The number of hydrogen-bond donors (Lipinski definition) is 2. The zero-order valence-electron chi connectivity index (χ0n) is 36.2. The highest BCUT2D eigenvalue weighted by molar-refractivity contribution is 7.90. The Hall–Kier alpha value is -2.57. The third-order valence-corrected chi connectivity index (χ3v) is 10.0. The lowest BCUT2D eigenvalue weighted by Gasteiger charge is -2.33. The van der Waals surface area contributed by atoms with Crippen molar-refractivity contribution in [2.45, 2.75) is 130 Å². The van der Waals surface area contributed by atoms with E-state index in [4.69, 9.17) is 0 Å². The second kappa shape index (κ2) is 24.6. The second-order valence-electron chi connectivity index (χ2n) is 17.8. The molecule has 2 amide bonds. The summed E-state index contributed by atoms with van der Waals surface area (Å²) in [6, 6.07) is -0.237. The lowest BCUT2D eigenvalue weighted by molar-refractivity contribution is -0.143. The fourth-order valence-corrected chi connectivity index (χ4v) is 5.59. The summed E-state index contributed by atoms with van der Waals surface area (Å²) in [7, 11) is 2.65. The van der Waals surface area contributed by atoms with Crippen LogP contribution in [0.2, 0.25) is 0 Å². The number of rotatable bonds is 10. The first-order valence-electron chi connectivity index (χ1n) is 17.6. The minimum absolute atomic E-state index is 0.0864. The molecule has 51 heavy (non-hydrogen) atoms. The van der Waals surface area contributed by atoms with Crippen molar-refractivity contribution in [3.8, 4) is 0 Å². The van der Waals surface area contributed by atoms with Gasteiger partial charge < -0.3 is 29.6 Å². The van der Waals surface area contributed by atoms with Crippen LogP contribution < -0.4 is 10.6 Å². The van der Waals surface area contributed by atoms with Crippen LogP contribution in [0.25, 0.3) is 0 Å². The van der Waals surface area contributed by atoms with Crippen molar-refractivity contribution in [2.24, 2.45) is 45.3 Å². The van der Waals surface area contributed by atoms with E-state index in [2.05, 4.69) is 113 Å². The Bertz CT molecular complexity index is 1110. The fourth-order valence-electron chi connectivity index (χ4n) is 4.18. The molecule has 0 aromatic heterocycles. The van der Waals surface area contributed by atoms with Crippen LogP contribution in [0.5, 0.6) is 0 Å². The number of sulfone groups is 1. The van der Waals surface area contributed by atoms with Gasteiger partial charge in [0.25, 0.3) is 0 Å². The van der Waals surface area contributed by atoms with Crippen LogP contribution in [0.1, 0.15) is 124 Å². The van der Waals surface area contributed by atoms with Crippen molar-refractivity contribution in [3.05, 3.63) is 0 Å². The number of esters is 2. The number of amides is 2. The molecule has 0 heterocycles. The minimum Gasteiger partial charge on any atom is -0.469 e. The summed E-state index contributed by atoms with van der Waals surface area (Å²) in [5.41, 5.74) is 0.245. The Morgan fingerprint density at radius 1 is 0.569 bits per heavy atom. The average molecular weight is 755 g/mol. The third kappa shape index (κ3) is 31.9. The van der Waals surface area contributed by atoms with Crippen LogP contribution in [0, 0.1) is 45.3 Å². The van der Waals surface area contributed by atoms with Crippen molar-refractivity contribution in [2.75, 3.05) is 47.0 Å². The van der Waals surface area contributed by atoms with Crippen molar-refractivity contribution in [1.82, 2.24) is 10.6 Å². The molecule has 0 rings (SSSR count). The van der Waals surface area contributed by atoms with Crippen LogP contribution in [0.3, 0.4) is 0 Å². The molecule has 0 radical (unpaired) electrons. The van der Waals surface area contributed by atoms with E-state index in [9.17, 15) is 27.6 Å². The predicted octanol–water partition coefficient (Wildman–Crippen LogP) is 7.93. The number of carbonyl (C=O) groups excluding carboxylic acids is 4. The van der Waals surface area contributed by atoms with Gasteiger partial charge in [-0.2, -0.15) is 0 Å². The second-order valence-corrected chi connectivity index (χ2v) is 20.0. The van der Waals surface area contributed by atoms with Crippen molar-refractivity contribution < 1.29 is 46.5 Å². The van der Waals surface area contributed by atoms with Crippen LogP contribution >= 0.6 is 0 Å². The fraction of sp³-hybridized carbons (Fsp3) is 0.895. The summed E-state index contributed by atoms with van der Waals surface area (Å²) in [5.74, 6) is 1.56. The SMILES string of the molecule is CC(CS(C)(=O)=O)C(C)(C)C.COC(=O)CC(C(C)C)C(C)(C)C.COC(=O)CC(C)C(C)(C)C.COC(=O)NCC(NC(=O)OC)C(C)(C)C. The van der Waals surface area contributed by atoms with Crippen LogP contribution in [0.4, 0.5) is 9.59 Å². The maximum atomic E-state index is 11.2. The van der Waals surface area contributed by atoms with Crippen molar-refractivity contribution >= 4 is 34.0 Å². The molecule has 2 N–H and O–H groups in total. The lowest BCUT2D eigenvalue weighted by Crippen LogP contribution is -2.50. The molecule has 0 aliphatic carbocycles. The van der Waals surface area contributed by atoms with Gasteiger partial charge in [-0.15, -0.1) is 0 Å². The molecule has 12 nitrogen and oxygen atoms in total. The van der Waals surface area contributed by atoms with E-state index in [1.54, 1.807) is 0 Å². The maximum absolute atomic E-state index is 11.2. The Kier molecular flexibility index (Phi) is 26.7. The van der Waals surface area contributed by atoms with Gasteiger partial charge in [-0.25, -0.2) is 18.0 Å². The molecule has 0 saturated carbocycles. The van der Waals surface area contributed by atoms with Gasteiger partial charge in [0, 0.05) is 25.6 Å². The zero-order chi connectivity index (χ0) is 41.8. The topological polar surface area (TPSA) is 163 Å². The Morgan fingerprint density at radius 2 is 0.961 bits per heavy atom. The number of hydrogen-bond acceptors (Lipinski definition) is 10. The van der Waals surface area contributed by atoms with Gasteiger partial charge in [0.1, 0.15) is 9.84 Å². The van der Waals surface area contributed by atoms with Gasteiger partial charge in [0.15, 0.2) is 0 Å². The molecular formula is C38H78N2O10S. The molecule has 0 aromatic carbocycles. The summed E-state index contributed by atoms with van der Waals surface area (Å²) in [6.07, 6.45) is 1.28. The molecule has 4 unspecified atom stereocenters. The van der Waals surface area contributed by atoms with Gasteiger partial charge in [-0.3, -0.25) is 9.59 Å². The summed E-state index contributed by atoms with van der Waals surface area (Å²) in [4.78, 5) is 44.0. The van der Waals surface area contributed by atoms with E-state index in [-0.39, 0.29) is 57.9 Å². The Balaban J connectivity index is -0.000000292. The van der Waals surface area contributed by atoms with Gasteiger partial charge >= 0.3 is 24.1 Å². The highest BCUT2D eigenvalue weighted by Gasteiger charge is 2.30. The molecule has 0 aliphatic rings. The molecule has 0 bridgehead atoms. The minimum atomic E-state index is -2.81. The van der Waals surface area contributed by atoms with Crippen molar-refractivity contribution in [1.29, 1.82) is 0 Å². The average Bonchev–Trinajstić information content (AvgIpc) is 2.95. The molecule has 13 heteroatoms. The number of ether oxygens (including phenoxy) is 4. The molecule has 0 aliphatic heterocycles. The predicted molar refractivity (Wildman–Crippen MR) is 207 cm³/mol. The molecule has 306 valence electrons. The lowest BCUT2D eigenvalue weighted by atomic mass is 9.72. The highest BCUT2D eigenvalue weighted by atomic mass is 32.2. The molecule has 0 saturated heterocycles. The molecular weight excluding hydrogens is 676 g/mol. The third-order valence-electron chi connectivity index (χ3n) is 8.90. The molecule has 4 atom stereocenters. The van der Waals surface area contributed by atoms with E-state index >= 15 is 0 Å². The van der Waals surface area contributed by atoms with E-state index in [0.29, 0.717) is 30.6 Å². The summed E-state index contributed by atoms with van der Waals surface area (Å²) in [6.45, 7) is 33.5. The smallest absolute Gasteiger partial charge is 0.407 e. The largest absolute Gasteiger partial charge is 0.469 e. The first-order chi connectivity index (χ1) is 22.6. The molecule has 0 fully saturated rings. The Morgan fingerprint density at radius 3 is 1.22 bits per heavy atom. The van der Waals surface area contributed by atoms with Gasteiger partial charge in [0.2, 0.25) is 0 Å². The molecule has 0 aromatic rings. The van der Waals surface area contributed by atoms with E-state index in [1.165, 1.54) is 34.7 Å². The highest BCUT2D eigenvalue weighted by Crippen LogP contribution is 2.34. The standard InChI is InChI=1S/C11H22O2.C10H20N2O4.C9H18O2.C8H18O2S/c1-8(2)9(11(3,4)5)7-10(12)13-6;1-10(2,3)7(12-9(14)16-5)6-11-8(13)15-4;1-7(9(2,3)4)6-8(10)11-5;1-7(8(2,3)4)6-11(5,9)10/h8-9H,7H2,1-6H3;7H,6H2,1-5H3,(H,11,13)(H,12,14);2*7H,6H2,1-5H3. The first kappa shape index (κ1) is 55.2. The number of nitrogens with one attached hydrogen (secondary N) is 2.